The number of nitrogens with one attached hydrogen (secondary N) is 2. The molecule has 0 atom stereocenters. The third-order valence-electron chi connectivity index (χ3n) is 2.07. The first-order chi connectivity index (χ1) is 8.94. The van der Waals surface area contributed by atoms with E-state index >= 15 is 0 Å². The number of ether oxygens (including phenoxy) is 1. The molecule has 0 aliphatic carbocycles. The number of nitrogens with zero attached hydrogens (tertiary/aromatic N) is 2. The van der Waals surface area contributed by atoms with Crippen LogP contribution in [0.2, 0.25) is 0 Å². The van der Waals surface area contributed by atoms with Crippen LogP contribution >= 0.6 is 0 Å². The van der Waals surface area contributed by atoms with Gasteiger partial charge < -0.3 is 15.5 Å². The van der Waals surface area contributed by atoms with Crippen LogP contribution in [0.15, 0.2) is 6.07 Å². The molecule has 1 aromatic heterocycles. The first-order valence-electron chi connectivity index (χ1n) is 5.67. The zero-order valence-corrected chi connectivity index (χ0v) is 10.4. The van der Waals surface area contributed by atoms with Crippen molar-refractivity contribution in [1.82, 2.24) is 9.97 Å². The molecule has 9 heteroatoms. The van der Waals surface area contributed by atoms with Gasteiger partial charge in [-0.25, -0.2) is 15.8 Å². The van der Waals surface area contributed by atoms with Crippen LogP contribution in [0.1, 0.15) is 19.2 Å². The Labute approximate surface area is 108 Å². The number of rotatable bonds is 7. The lowest BCUT2D eigenvalue weighted by Crippen LogP contribution is -2.17. The van der Waals surface area contributed by atoms with E-state index in [2.05, 4.69) is 20.7 Å². The summed E-state index contributed by atoms with van der Waals surface area (Å²) < 4.78 is 41.2. The highest BCUT2D eigenvalue weighted by Crippen LogP contribution is 2.19. The normalized spacial score (nSPS) is 11.4. The molecule has 0 spiro atoms. The number of hydrogen-bond donors (Lipinski definition) is 3. The fraction of sp³-hybridized carbons (Fsp3) is 0.600. The molecule has 0 aromatic carbocycles. The summed E-state index contributed by atoms with van der Waals surface area (Å²) in [5.41, 5.74) is 2.32. The molecule has 1 aromatic rings. The van der Waals surface area contributed by atoms with Crippen LogP contribution in [0.3, 0.4) is 0 Å². The molecule has 0 bridgehead atoms. The van der Waals surface area contributed by atoms with Crippen LogP contribution in [-0.2, 0) is 11.3 Å². The average molecular weight is 279 g/mol. The number of alkyl halides is 3. The minimum atomic E-state index is -4.21. The fourth-order valence-electron chi connectivity index (χ4n) is 1.25. The molecule has 0 radical (unpaired) electrons. The molecule has 0 aliphatic rings. The maximum absolute atomic E-state index is 12.0. The largest absolute Gasteiger partial charge is 0.390 e. The van der Waals surface area contributed by atoms with E-state index in [0.717, 1.165) is 0 Å². The second-order valence-corrected chi connectivity index (χ2v) is 3.63. The molecule has 0 fully saturated rings. The van der Waals surface area contributed by atoms with E-state index in [1.165, 1.54) is 6.07 Å². The van der Waals surface area contributed by atoms with Gasteiger partial charge in [-0.05, 0) is 6.92 Å². The van der Waals surface area contributed by atoms with Crippen LogP contribution in [0.5, 0.6) is 0 Å². The molecule has 6 nitrogen and oxygen atoms in total. The van der Waals surface area contributed by atoms with Crippen LogP contribution < -0.4 is 16.6 Å². The van der Waals surface area contributed by atoms with Gasteiger partial charge in [-0.2, -0.15) is 13.2 Å². The van der Waals surface area contributed by atoms with Gasteiger partial charge in [0, 0.05) is 19.2 Å². The molecule has 0 saturated carbocycles. The van der Waals surface area contributed by atoms with Crippen molar-refractivity contribution in [3.63, 3.8) is 0 Å². The smallest absolute Gasteiger partial charge is 0.374 e. The highest BCUT2D eigenvalue weighted by molar-refractivity contribution is 5.46. The molecule has 0 amide bonds. The van der Waals surface area contributed by atoms with E-state index in [4.69, 9.17) is 10.6 Å². The predicted octanol–water partition coefficient (Wildman–Crippen LogP) is 1.66. The maximum Gasteiger partial charge on any atom is 0.390 e. The lowest BCUT2D eigenvalue weighted by atomic mass is 10.4. The molecule has 0 aliphatic heterocycles. The standard InChI is InChI=1S/C10H16F3N5O/c1-2-19-6-9-16-7(5-8(17-9)18-14)15-4-3-10(11,12)13/h5H,2-4,6,14H2,1H3,(H2,15,16,17,18). The number of aromatic nitrogens is 2. The van der Waals surface area contributed by atoms with E-state index in [1.54, 1.807) is 0 Å². The number of hydrazine groups is 1. The van der Waals surface area contributed by atoms with Crippen molar-refractivity contribution >= 4 is 11.6 Å². The Morgan fingerprint density at radius 1 is 1.32 bits per heavy atom. The van der Waals surface area contributed by atoms with E-state index < -0.39 is 12.6 Å². The third kappa shape index (κ3) is 6.20. The van der Waals surface area contributed by atoms with Gasteiger partial charge in [0.15, 0.2) is 5.82 Å². The molecule has 1 rings (SSSR count). The molecule has 108 valence electrons. The number of nitrogens with two attached hydrogens (primary N) is 1. The first-order valence-corrected chi connectivity index (χ1v) is 5.67. The highest BCUT2D eigenvalue weighted by Gasteiger charge is 2.26. The highest BCUT2D eigenvalue weighted by atomic mass is 19.4. The number of anilines is 2. The second-order valence-electron chi connectivity index (χ2n) is 3.63. The molecule has 0 unspecified atom stereocenters. The third-order valence-corrected chi connectivity index (χ3v) is 2.07. The molecular weight excluding hydrogens is 263 g/mol. The Morgan fingerprint density at radius 3 is 2.58 bits per heavy atom. The summed E-state index contributed by atoms with van der Waals surface area (Å²) in [6, 6.07) is 1.42. The van der Waals surface area contributed by atoms with Gasteiger partial charge in [-0.1, -0.05) is 0 Å². The predicted molar refractivity (Wildman–Crippen MR) is 64.3 cm³/mol. The van der Waals surface area contributed by atoms with Gasteiger partial charge >= 0.3 is 6.18 Å². The minimum absolute atomic E-state index is 0.167. The monoisotopic (exact) mass is 279 g/mol. The van der Waals surface area contributed by atoms with Crippen LogP contribution in [0.25, 0.3) is 0 Å². The first kappa shape index (κ1) is 15.4. The van der Waals surface area contributed by atoms with Gasteiger partial charge in [-0.3, -0.25) is 0 Å². The quantitative estimate of drug-likeness (QED) is 0.520. The Bertz CT molecular complexity index is 399. The van der Waals surface area contributed by atoms with E-state index in [0.29, 0.717) is 18.2 Å². The molecule has 0 saturated heterocycles. The summed E-state index contributed by atoms with van der Waals surface area (Å²) in [6.07, 6.45) is -5.15. The lowest BCUT2D eigenvalue weighted by molar-refractivity contribution is -0.131. The zero-order valence-electron chi connectivity index (χ0n) is 10.4. The van der Waals surface area contributed by atoms with Gasteiger partial charge in [0.25, 0.3) is 0 Å². The van der Waals surface area contributed by atoms with Crippen molar-refractivity contribution in [3.8, 4) is 0 Å². The summed E-state index contributed by atoms with van der Waals surface area (Å²) in [5.74, 6) is 6.14. The van der Waals surface area contributed by atoms with Crippen molar-refractivity contribution in [2.45, 2.75) is 26.1 Å². The second kappa shape index (κ2) is 7.10. The number of halogens is 3. The summed E-state index contributed by atoms with van der Waals surface area (Å²) in [7, 11) is 0. The van der Waals surface area contributed by atoms with Gasteiger partial charge in [-0.15, -0.1) is 0 Å². The van der Waals surface area contributed by atoms with Crippen molar-refractivity contribution < 1.29 is 17.9 Å². The molecule has 19 heavy (non-hydrogen) atoms. The summed E-state index contributed by atoms with van der Waals surface area (Å²) in [6.45, 7) is 2.20. The fourth-order valence-corrected chi connectivity index (χ4v) is 1.25. The van der Waals surface area contributed by atoms with Crippen molar-refractivity contribution in [3.05, 3.63) is 11.9 Å². The van der Waals surface area contributed by atoms with Gasteiger partial charge in [0.1, 0.15) is 18.2 Å². The number of nitrogen functional groups attached to an aromatic ring is 1. The van der Waals surface area contributed by atoms with Crippen LogP contribution in [0, 0.1) is 0 Å². The average Bonchev–Trinajstić information content (AvgIpc) is 2.34. The van der Waals surface area contributed by atoms with Crippen LogP contribution in [-0.4, -0.2) is 29.3 Å². The minimum Gasteiger partial charge on any atom is -0.374 e. The van der Waals surface area contributed by atoms with Crippen molar-refractivity contribution in [2.24, 2.45) is 5.84 Å². The van der Waals surface area contributed by atoms with Crippen molar-refractivity contribution in [1.29, 1.82) is 0 Å². The summed E-state index contributed by atoms with van der Waals surface area (Å²) in [5, 5.41) is 2.57. The van der Waals surface area contributed by atoms with E-state index in [1.807, 2.05) is 6.92 Å². The molecule has 4 N–H and O–H groups in total. The maximum atomic E-state index is 12.0. The zero-order chi connectivity index (χ0) is 14.3. The van der Waals surface area contributed by atoms with Gasteiger partial charge in [0.2, 0.25) is 0 Å². The molecule has 1 heterocycles. The lowest BCUT2D eigenvalue weighted by Gasteiger charge is -2.11. The Kier molecular flexibility index (Phi) is 5.77. The van der Waals surface area contributed by atoms with Crippen molar-refractivity contribution in [2.75, 3.05) is 23.9 Å². The van der Waals surface area contributed by atoms with E-state index in [-0.39, 0.29) is 19.0 Å². The SMILES string of the molecule is CCOCc1nc(NN)cc(NCCC(F)(F)F)n1. The number of hydrogen-bond acceptors (Lipinski definition) is 6. The Balaban J connectivity index is 2.65. The Hall–Kier alpha value is -1.61. The topological polar surface area (TPSA) is 85.1 Å². The Morgan fingerprint density at radius 2 is 2.00 bits per heavy atom. The van der Waals surface area contributed by atoms with Crippen LogP contribution in [0.4, 0.5) is 24.8 Å². The summed E-state index contributed by atoms with van der Waals surface area (Å²) >= 11 is 0. The summed E-state index contributed by atoms with van der Waals surface area (Å²) in [4.78, 5) is 8.04. The van der Waals surface area contributed by atoms with Gasteiger partial charge in [0.05, 0.1) is 6.42 Å². The van der Waals surface area contributed by atoms with E-state index in [9.17, 15) is 13.2 Å². The molecular formula is C10H16F3N5O.